The van der Waals surface area contributed by atoms with Gasteiger partial charge in [-0.15, -0.1) is 0 Å². The molecule has 2 fully saturated rings. The van der Waals surface area contributed by atoms with Crippen molar-refractivity contribution in [2.24, 2.45) is 0 Å². The van der Waals surface area contributed by atoms with E-state index in [0.29, 0.717) is 18.5 Å². The van der Waals surface area contributed by atoms with Gasteiger partial charge in [-0.1, -0.05) is 0 Å². The van der Waals surface area contributed by atoms with Crippen LogP contribution in [0.3, 0.4) is 0 Å². The Balaban J connectivity index is 1.86. The summed E-state index contributed by atoms with van der Waals surface area (Å²) in [6.45, 7) is 0.251. The van der Waals surface area contributed by atoms with E-state index in [9.17, 15) is 19.7 Å². The van der Waals surface area contributed by atoms with Crippen LogP contribution in [0, 0.1) is 10.1 Å². The zero-order valence-corrected chi connectivity index (χ0v) is 10.9. The van der Waals surface area contributed by atoms with Gasteiger partial charge in [0, 0.05) is 12.6 Å². The summed E-state index contributed by atoms with van der Waals surface area (Å²) < 4.78 is 0. The number of carbonyl (C=O) groups excluding carboxylic acids is 1. The van der Waals surface area contributed by atoms with Crippen LogP contribution >= 0.6 is 0 Å². The number of fused-ring (bicyclic) bond motifs is 2. The van der Waals surface area contributed by atoms with Crippen LogP contribution in [0.4, 0.5) is 16.3 Å². The summed E-state index contributed by atoms with van der Waals surface area (Å²) in [5.74, 6) is -0.597. The molecule has 2 aliphatic heterocycles. The van der Waals surface area contributed by atoms with Gasteiger partial charge < -0.3 is 20.1 Å². The number of nitrogens with zero attached hydrogens (tertiary/aromatic N) is 4. The van der Waals surface area contributed by atoms with Crippen molar-refractivity contribution in [2.75, 3.05) is 11.4 Å². The van der Waals surface area contributed by atoms with Crippen molar-refractivity contribution in [3.05, 3.63) is 28.4 Å². The summed E-state index contributed by atoms with van der Waals surface area (Å²) in [6, 6.07) is 1.78. The number of pyridine rings is 1. The van der Waals surface area contributed by atoms with Gasteiger partial charge >= 0.3 is 11.9 Å². The fourth-order valence-electron chi connectivity index (χ4n) is 2.95. The Kier molecular flexibility index (Phi) is 2.96. The highest BCUT2D eigenvalue weighted by Gasteiger charge is 2.48. The molecule has 2 bridgehead atoms. The highest BCUT2D eigenvalue weighted by molar-refractivity contribution is 6.00. The Morgan fingerprint density at radius 3 is 2.76 bits per heavy atom. The van der Waals surface area contributed by atoms with E-state index in [1.807, 2.05) is 0 Å². The highest BCUT2D eigenvalue weighted by atomic mass is 16.6. The van der Waals surface area contributed by atoms with E-state index in [1.165, 1.54) is 28.1 Å². The van der Waals surface area contributed by atoms with Crippen molar-refractivity contribution in [1.29, 1.82) is 0 Å². The Labute approximate surface area is 118 Å². The second kappa shape index (κ2) is 4.69. The first-order chi connectivity index (χ1) is 9.99. The van der Waals surface area contributed by atoms with E-state index < -0.39 is 17.1 Å². The van der Waals surface area contributed by atoms with Crippen LogP contribution in [0.15, 0.2) is 18.3 Å². The molecule has 0 saturated carbocycles. The van der Waals surface area contributed by atoms with Gasteiger partial charge in [0.25, 0.3) is 0 Å². The average Bonchev–Trinajstić information content (AvgIpc) is 2.81. The predicted octanol–water partition coefficient (Wildman–Crippen LogP) is 0.847. The average molecular weight is 292 g/mol. The Morgan fingerprint density at radius 2 is 2.19 bits per heavy atom. The quantitative estimate of drug-likeness (QED) is 0.637. The molecule has 0 aromatic carbocycles. The number of aromatic nitrogens is 1. The molecule has 3 heterocycles. The Hall–Kier alpha value is -2.71. The van der Waals surface area contributed by atoms with Crippen LogP contribution in [-0.4, -0.2) is 50.5 Å². The number of nitro groups is 1. The number of rotatable bonds is 2. The van der Waals surface area contributed by atoms with Crippen LogP contribution in [0.25, 0.3) is 0 Å². The molecule has 2 unspecified atom stereocenters. The lowest BCUT2D eigenvalue weighted by molar-refractivity contribution is -0.389. The number of carboxylic acid groups (broad SMARTS) is 1. The molecule has 3 rings (SSSR count). The van der Waals surface area contributed by atoms with Crippen LogP contribution in [0.1, 0.15) is 12.8 Å². The lowest BCUT2D eigenvalue weighted by atomic mass is 10.1. The molecule has 9 nitrogen and oxygen atoms in total. The smallest absolute Gasteiger partial charge is 0.408 e. The molecule has 2 amide bonds. The monoisotopic (exact) mass is 292 g/mol. The number of hydrogen-bond donors (Lipinski definition) is 1. The molecule has 2 saturated heterocycles. The molecule has 9 heteroatoms. The van der Waals surface area contributed by atoms with Gasteiger partial charge in [0.15, 0.2) is 6.20 Å². The van der Waals surface area contributed by atoms with Crippen molar-refractivity contribution in [2.45, 2.75) is 24.9 Å². The molecular formula is C12H12N4O5. The third-order valence-electron chi connectivity index (χ3n) is 3.90. The summed E-state index contributed by atoms with van der Waals surface area (Å²) in [5.41, 5.74) is 0.451. The van der Waals surface area contributed by atoms with Gasteiger partial charge in [0.05, 0.1) is 11.7 Å². The van der Waals surface area contributed by atoms with Gasteiger partial charge in [0.1, 0.15) is 6.04 Å². The maximum atomic E-state index is 12.4. The van der Waals surface area contributed by atoms with E-state index in [0.717, 1.165) is 0 Å². The highest BCUT2D eigenvalue weighted by Crippen LogP contribution is 2.33. The van der Waals surface area contributed by atoms with Gasteiger partial charge in [-0.2, -0.15) is 0 Å². The second-order valence-corrected chi connectivity index (χ2v) is 5.02. The molecule has 0 spiro atoms. The standard InChI is InChI=1S/C12H12N4O5/c17-11-9-3-1-8(15(9)12(18)19)6-14(11)7-2-4-10(13-5-7)16(20)21/h2,4-5,8-9H,1,3,6H2,(H,18,19). The summed E-state index contributed by atoms with van der Waals surface area (Å²) in [7, 11) is 0. The zero-order chi connectivity index (χ0) is 15.1. The van der Waals surface area contributed by atoms with Crippen LogP contribution < -0.4 is 4.90 Å². The fourth-order valence-corrected chi connectivity index (χ4v) is 2.95. The molecule has 0 aliphatic carbocycles. The number of anilines is 1. The number of hydrogen-bond acceptors (Lipinski definition) is 5. The van der Waals surface area contributed by atoms with Gasteiger partial charge in [0.2, 0.25) is 5.91 Å². The van der Waals surface area contributed by atoms with Crippen LogP contribution in [0.5, 0.6) is 0 Å². The first-order valence-corrected chi connectivity index (χ1v) is 6.42. The topological polar surface area (TPSA) is 117 Å². The number of amides is 2. The zero-order valence-electron chi connectivity index (χ0n) is 10.9. The minimum atomic E-state index is -1.09. The molecule has 2 atom stereocenters. The van der Waals surface area contributed by atoms with Crippen molar-refractivity contribution < 1.29 is 19.6 Å². The molecule has 2 aliphatic rings. The molecule has 1 aromatic heterocycles. The van der Waals surface area contributed by atoms with Crippen molar-refractivity contribution >= 4 is 23.5 Å². The summed E-state index contributed by atoms with van der Waals surface area (Å²) in [5, 5.41) is 19.7. The van der Waals surface area contributed by atoms with E-state index in [2.05, 4.69) is 4.98 Å². The summed E-state index contributed by atoms with van der Waals surface area (Å²) >= 11 is 0. The summed E-state index contributed by atoms with van der Waals surface area (Å²) in [4.78, 5) is 39.9. The normalized spacial score (nSPS) is 24.3. The first kappa shape index (κ1) is 13.3. The van der Waals surface area contributed by atoms with E-state index in [-0.39, 0.29) is 24.3 Å². The molecule has 0 radical (unpaired) electrons. The molecular weight excluding hydrogens is 280 g/mol. The minimum Gasteiger partial charge on any atom is -0.465 e. The molecule has 110 valence electrons. The van der Waals surface area contributed by atoms with Crippen molar-refractivity contribution in [3.63, 3.8) is 0 Å². The Morgan fingerprint density at radius 1 is 1.43 bits per heavy atom. The van der Waals surface area contributed by atoms with E-state index >= 15 is 0 Å². The number of carbonyl (C=O) groups is 2. The maximum Gasteiger partial charge on any atom is 0.408 e. The van der Waals surface area contributed by atoms with Gasteiger partial charge in [-0.25, -0.2) is 4.79 Å². The van der Waals surface area contributed by atoms with E-state index in [1.54, 1.807) is 0 Å². The third-order valence-corrected chi connectivity index (χ3v) is 3.90. The largest absolute Gasteiger partial charge is 0.465 e. The predicted molar refractivity (Wildman–Crippen MR) is 69.9 cm³/mol. The van der Waals surface area contributed by atoms with Crippen LogP contribution in [0.2, 0.25) is 0 Å². The minimum absolute atomic E-state index is 0.236. The van der Waals surface area contributed by atoms with Crippen molar-refractivity contribution in [1.82, 2.24) is 9.88 Å². The van der Waals surface area contributed by atoms with Crippen LogP contribution in [-0.2, 0) is 4.79 Å². The third kappa shape index (κ3) is 2.06. The second-order valence-electron chi connectivity index (χ2n) is 5.02. The van der Waals surface area contributed by atoms with Gasteiger partial charge in [-0.05, 0) is 28.8 Å². The fraction of sp³-hybridized carbons (Fsp3) is 0.417. The molecule has 21 heavy (non-hydrogen) atoms. The first-order valence-electron chi connectivity index (χ1n) is 6.42. The maximum absolute atomic E-state index is 12.4. The lowest BCUT2D eigenvalue weighted by Gasteiger charge is -2.38. The molecule has 1 aromatic rings. The SMILES string of the molecule is O=C1C2CCC(CN1c1ccc([N+](=O)[O-])nc1)N2C(=O)O. The number of piperazine rings is 1. The van der Waals surface area contributed by atoms with Crippen molar-refractivity contribution in [3.8, 4) is 0 Å². The van der Waals surface area contributed by atoms with Gasteiger partial charge in [-0.3, -0.25) is 9.69 Å². The summed E-state index contributed by atoms with van der Waals surface area (Å²) in [6.07, 6.45) is 1.33. The lowest BCUT2D eigenvalue weighted by Crippen LogP contribution is -2.59. The molecule has 1 N–H and O–H groups in total. The van der Waals surface area contributed by atoms with E-state index in [4.69, 9.17) is 5.11 Å². The Bertz CT molecular complexity index is 617.